The predicted molar refractivity (Wildman–Crippen MR) is 99.0 cm³/mol. The van der Waals surface area contributed by atoms with Gasteiger partial charge in [0.15, 0.2) is 5.96 Å². The highest BCUT2D eigenvalue weighted by molar-refractivity contribution is 5.90. The Balaban J connectivity index is 1.56. The van der Waals surface area contributed by atoms with Crippen molar-refractivity contribution >= 4 is 11.8 Å². The third-order valence-corrected chi connectivity index (χ3v) is 3.70. The average molecular weight is 316 g/mol. The number of aryl methyl sites for hydroxylation is 1. The summed E-state index contributed by atoms with van der Waals surface area (Å²) in [5.74, 6) is 0.909. The van der Waals surface area contributed by atoms with Crippen LogP contribution in [0.1, 0.15) is 11.1 Å². The lowest BCUT2D eigenvalue weighted by Crippen LogP contribution is -2.29. The molecule has 24 heavy (non-hydrogen) atoms. The van der Waals surface area contributed by atoms with Crippen molar-refractivity contribution in [3.05, 3.63) is 84.1 Å². The van der Waals surface area contributed by atoms with Crippen LogP contribution in [0, 0.1) is 12.3 Å². The lowest BCUT2D eigenvalue weighted by molar-refractivity contribution is 0.903. The number of aromatic nitrogens is 1. The third kappa shape index (κ3) is 4.20. The molecular formula is C20H20N4. The molecule has 120 valence electrons. The number of guanidine groups is 1. The standard InChI is InChI=1S/C20H20N4/c1-15-11-12-22-19(13-15)24-20(21)23-14-16-7-9-18(10-8-16)17-5-3-2-4-6-17/h2-13H,14H2,1H3,(H3,21,22,23,24). The zero-order chi connectivity index (χ0) is 16.8. The molecule has 0 spiro atoms. The van der Waals surface area contributed by atoms with Gasteiger partial charge in [-0.25, -0.2) is 4.98 Å². The molecule has 3 aromatic rings. The average Bonchev–Trinajstić information content (AvgIpc) is 2.61. The number of nitrogens with zero attached hydrogens (tertiary/aromatic N) is 1. The Kier molecular flexibility index (Phi) is 4.87. The Morgan fingerprint density at radius 3 is 2.38 bits per heavy atom. The van der Waals surface area contributed by atoms with Crippen molar-refractivity contribution in [2.75, 3.05) is 5.32 Å². The molecule has 1 aromatic heterocycles. The van der Waals surface area contributed by atoms with Crippen LogP contribution in [0.2, 0.25) is 0 Å². The summed E-state index contributed by atoms with van der Waals surface area (Å²) in [4.78, 5) is 4.19. The van der Waals surface area contributed by atoms with Crippen molar-refractivity contribution in [2.24, 2.45) is 0 Å². The normalized spacial score (nSPS) is 10.2. The largest absolute Gasteiger partial charge is 0.352 e. The smallest absolute Gasteiger partial charge is 0.194 e. The quantitative estimate of drug-likeness (QED) is 0.499. The molecule has 4 heteroatoms. The van der Waals surface area contributed by atoms with E-state index in [4.69, 9.17) is 5.41 Å². The zero-order valence-corrected chi connectivity index (χ0v) is 13.6. The molecule has 3 N–H and O–H groups in total. The Labute approximate surface area is 142 Å². The molecule has 0 aliphatic rings. The van der Waals surface area contributed by atoms with Crippen LogP contribution in [0.4, 0.5) is 5.82 Å². The van der Waals surface area contributed by atoms with E-state index in [0.29, 0.717) is 12.4 Å². The fourth-order valence-electron chi connectivity index (χ4n) is 2.41. The first-order valence-corrected chi connectivity index (χ1v) is 7.87. The van der Waals surface area contributed by atoms with Crippen LogP contribution in [-0.2, 0) is 6.54 Å². The van der Waals surface area contributed by atoms with E-state index in [-0.39, 0.29) is 5.96 Å². The fourth-order valence-corrected chi connectivity index (χ4v) is 2.41. The molecular weight excluding hydrogens is 296 g/mol. The summed E-state index contributed by atoms with van der Waals surface area (Å²) in [6.07, 6.45) is 1.73. The molecule has 1 heterocycles. The van der Waals surface area contributed by atoms with Crippen LogP contribution in [-0.4, -0.2) is 10.9 Å². The second-order valence-corrected chi connectivity index (χ2v) is 5.63. The van der Waals surface area contributed by atoms with E-state index in [2.05, 4.69) is 52.0 Å². The summed E-state index contributed by atoms with van der Waals surface area (Å²) in [7, 11) is 0. The van der Waals surface area contributed by atoms with Crippen LogP contribution in [0.3, 0.4) is 0 Å². The van der Waals surface area contributed by atoms with Crippen LogP contribution >= 0.6 is 0 Å². The maximum absolute atomic E-state index is 7.96. The SMILES string of the molecule is Cc1ccnc(NC(=N)NCc2ccc(-c3ccccc3)cc2)c1. The first-order chi connectivity index (χ1) is 11.7. The maximum Gasteiger partial charge on any atom is 0.194 e. The number of nitrogens with one attached hydrogen (secondary N) is 3. The summed E-state index contributed by atoms with van der Waals surface area (Å²) in [5, 5.41) is 14.0. The van der Waals surface area contributed by atoms with Gasteiger partial charge >= 0.3 is 0 Å². The van der Waals surface area contributed by atoms with E-state index >= 15 is 0 Å². The van der Waals surface area contributed by atoms with Gasteiger partial charge in [0.25, 0.3) is 0 Å². The van der Waals surface area contributed by atoms with Gasteiger partial charge in [-0.15, -0.1) is 0 Å². The molecule has 0 amide bonds. The number of hydrogen-bond donors (Lipinski definition) is 3. The highest BCUT2D eigenvalue weighted by Gasteiger charge is 2.01. The lowest BCUT2D eigenvalue weighted by atomic mass is 10.0. The van der Waals surface area contributed by atoms with Crippen LogP contribution in [0.25, 0.3) is 11.1 Å². The Hall–Kier alpha value is -3.14. The summed E-state index contributed by atoms with van der Waals surface area (Å²) in [6.45, 7) is 2.59. The van der Waals surface area contributed by atoms with Crippen LogP contribution in [0.5, 0.6) is 0 Å². The lowest BCUT2D eigenvalue weighted by Gasteiger charge is -2.10. The molecule has 0 unspecified atom stereocenters. The maximum atomic E-state index is 7.96. The molecule has 0 atom stereocenters. The second-order valence-electron chi connectivity index (χ2n) is 5.63. The van der Waals surface area contributed by atoms with E-state index in [1.54, 1.807) is 6.20 Å². The minimum Gasteiger partial charge on any atom is -0.352 e. The van der Waals surface area contributed by atoms with Crippen molar-refractivity contribution in [2.45, 2.75) is 13.5 Å². The minimum atomic E-state index is 0.236. The Bertz CT molecular complexity index is 811. The van der Waals surface area contributed by atoms with Crippen LogP contribution in [0.15, 0.2) is 72.9 Å². The second kappa shape index (κ2) is 7.42. The molecule has 4 nitrogen and oxygen atoms in total. The summed E-state index contributed by atoms with van der Waals surface area (Å²) < 4.78 is 0. The van der Waals surface area contributed by atoms with E-state index < -0.39 is 0 Å². The molecule has 0 aliphatic carbocycles. The summed E-state index contributed by atoms with van der Waals surface area (Å²) in [6, 6.07) is 22.5. The van der Waals surface area contributed by atoms with E-state index in [0.717, 1.165) is 11.1 Å². The molecule has 0 saturated carbocycles. The molecule has 0 fully saturated rings. The van der Waals surface area contributed by atoms with Gasteiger partial charge in [-0.1, -0.05) is 54.6 Å². The molecule has 0 radical (unpaired) electrons. The Morgan fingerprint density at radius 2 is 1.67 bits per heavy atom. The van der Waals surface area contributed by atoms with Crippen molar-refractivity contribution < 1.29 is 0 Å². The fraction of sp³-hybridized carbons (Fsp3) is 0.100. The first-order valence-electron chi connectivity index (χ1n) is 7.87. The zero-order valence-electron chi connectivity index (χ0n) is 13.6. The predicted octanol–water partition coefficient (Wildman–Crippen LogP) is 4.19. The van der Waals surface area contributed by atoms with E-state index in [9.17, 15) is 0 Å². The third-order valence-electron chi connectivity index (χ3n) is 3.70. The van der Waals surface area contributed by atoms with Crippen LogP contribution < -0.4 is 10.6 Å². The topological polar surface area (TPSA) is 60.8 Å². The highest BCUT2D eigenvalue weighted by Crippen LogP contribution is 2.19. The van der Waals surface area contributed by atoms with Gasteiger partial charge in [-0.3, -0.25) is 5.41 Å². The molecule has 2 aromatic carbocycles. The van der Waals surface area contributed by atoms with Gasteiger partial charge in [0.2, 0.25) is 0 Å². The van der Waals surface area contributed by atoms with Gasteiger partial charge in [0.1, 0.15) is 5.82 Å². The van der Waals surface area contributed by atoms with Gasteiger partial charge in [0.05, 0.1) is 0 Å². The molecule has 0 saturated heterocycles. The van der Waals surface area contributed by atoms with Crippen molar-refractivity contribution in [1.82, 2.24) is 10.3 Å². The van der Waals surface area contributed by atoms with Gasteiger partial charge in [-0.05, 0) is 41.3 Å². The molecule has 0 aliphatic heterocycles. The van der Waals surface area contributed by atoms with Gasteiger partial charge < -0.3 is 10.6 Å². The monoisotopic (exact) mass is 316 g/mol. The van der Waals surface area contributed by atoms with E-state index in [1.807, 2.05) is 37.3 Å². The number of hydrogen-bond acceptors (Lipinski definition) is 2. The highest BCUT2D eigenvalue weighted by atomic mass is 15.2. The molecule has 3 rings (SSSR count). The van der Waals surface area contributed by atoms with E-state index in [1.165, 1.54) is 11.1 Å². The van der Waals surface area contributed by atoms with Crippen molar-refractivity contribution in [1.29, 1.82) is 5.41 Å². The number of anilines is 1. The van der Waals surface area contributed by atoms with Gasteiger partial charge in [-0.2, -0.15) is 0 Å². The first kappa shape index (κ1) is 15.7. The van der Waals surface area contributed by atoms with Crippen molar-refractivity contribution in [3.63, 3.8) is 0 Å². The summed E-state index contributed by atoms with van der Waals surface area (Å²) >= 11 is 0. The van der Waals surface area contributed by atoms with Gasteiger partial charge in [0, 0.05) is 12.7 Å². The number of pyridine rings is 1. The van der Waals surface area contributed by atoms with Crippen molar-refractivity contribution in [3.8, 4) is 11.1 Å². The minimum absolute atomic E-state index is 0.236. The molecule has 0 bridgehead atoms. The number of rotatable bonds is 4. The summed E-state index contributed by atoms with van der Waals surface area (Å²) in [5.41, 5.74) is 4.63. The Morgan fingerprint density at radius 1 is 0.958 bits per heavy atom. The number of benzene rings is 2.